The van der Waals surface area contributed by atoms with Crippen molar-refractivity contribution in [1.29, 1.82) is 0 Å². The van der Waals surface area contributed by atoms with E-state index in [9.17, 15) is 4.79 Å². The summed E-state index contributed by atoms with van der Waals surface area (Å²) in [6.45, 7) is 3.24. The van der Waals surface area contributed by atoms with Crippen molar-refractivity contribution in [3.8, 4) is 0 Å². The minimum atomic E-state index is -0.748. The van der Waals surface area contributed by atoms with Gasteiger partial charge in [-0.15, -0.1) is 0 Å². The van der Waals surface area contributed by atoms with E-state index in [1.807, 2.05) is 14.0 Å². The van der Waals surface area contributed by atoms with E-state index in [1.54, 1.807) is 0 Å². The Bertz CT molecular complexity index is 203. The molecule has 0 aromatic rings. The summed E-state index contributed by atoms with van der Waals surface area (Å²) in [6.07, 6.45) is 5.01. The number of hydrogen-bond donors (Lipinski definition) is 2. The normalized spacial score (nSPS) is 19.7. The van der Waals surface area contributed by atoms with E-state index < -0.39 is 12.0 Å². The molecule has 0 radical (unpaired) electrons. The molecule has 0 aliphatic heterocycles. The lowest BCUT2D eigenvalue weighted by molar-refractivity contribution is -0.140. The number of nitrogens with zero attached hydrogens (tertiary/aromatic N) is 1. The first-order valence-corrected chi connectivity index (χ1v) is 5.81. The predicted molar refractivity (Wildman–Crippen MR) is 60.0 cm³/mol. The minimum absolute atomic E-state index is 0.430. The third-order valence-corrected chi connectivity index (χ3v) is 3.17. The van der Waals surface area contributed by atoms with Gasteiger partial charge in [-0.2, -0.15) is 0 Å². The summed E-state index contributed by atoms with van der Waals surface area (Å²) >= 11 is 0. The number of carboxylic acid groups (broad SMARTS) is 1. The van der Waals surface area contributed by atoms with Crippen LogP contribution in [0.5, 0.6) is 0 Å². The Morgan fingerprint density at radius 1 is 1.53 bits per heavy atom. The molecule has 4 nitrogen and oxygen atoms in total. The first-order chi connectivity index (χ1) is 7.15. The predicted octanol–water partition coefficient (Wildman–Crippen LogP) is 0.923. The highest BCUT2D eigenvalue weighted by Gasteiger charge is 2.24. The van der Waals surface area contributed by atoms with E-state index in [1.165, 1.54) is 25.7 Å². The summed E-state index contributed by atoms with van der Waals surface area (Å²) in [7, 11) is 2.03. The van der Waals surface area contributed by atoms with Crippen molar-refractivity contribution in [2.75, 3.05) is 20.1 Å². The number of aliphatic carboxylic acids is 1. The van der Waals surface area contributed by atoms with Crippen LogP contribution in [0.1, 0.15) is 32.6 Å². The van der Waals surface area contributed by atoms with Gasteiger partial charge < -0.3 is 15.3 Å². The Labute approximate surface area is 91.6 Å². The largest absolute Gasteiger partial charge is 0.480 e. The number of rotatable bonds is 6. The molecule has 1 aliphatic carbocycles. The monoisotopic (exact) mass is 214 g/mol. The van der Waals surface area contributed by atoms with Crippen molar-refractivity contribution in [3.05, 3.63) is 0 Å². The van der Waals surface area contributed by atoms with Crippen molar-refractivity contribution >= 4 is 5.97 Å². The Morgan fingerprint density at radius 2 is 2.13 bits per heavy atom. The number of carboxylic acids is 1. The van der Waals surface area contributed by atoms with Crippen LogP contribution >= 0.6 is 0 Å². The average molecular weight is 214 g/mol. The fraction of sp³-hybridized carbons (Fsp3) is 0.909. The molecule has 15 heavy (non-hydrogen) atoms. The zero-order chi connectivity index (χ0) is 11.3. The van der Waals surface area contributed by atoms with Gasteiger partial charge in [0, 0.05) is 12.6 Å². The van der Waals surface area contributed by atoms with Crippen molar-refractivity contribution in [2.45, 2.75) is 44.7 Å². The van der Waals surface area contributed by atoms with Crippen LogP contribution in [0, 0.1) is 0 Å². The van der Waals surface area contributed by atoms with Gasteiger partial charge in [0.25, 0.3) is 0 Å². The summed E-state index contributed by atoms with van der Waals surface area (Å²) in [4.78, 5) is 13.1. The van der Waals surface area contributed by atoms with Crippen molar-refractivity contribution in [1.82, 2.24) is 10.2 Å². The van der Waals surface area contributed by atoms with Crippen LogP contribution in [0.15, 0.2) is 0 Å². The van der Waals surface area contributed by atoms with Crippen LogP contribution in [0.25, 0.3) is 0 Å². The van der Waals surface area contributed by atoms with Crippen LogP contribution in [0.3, 0.4) is 0 Å². The van der Waals surface area contributed by atoms with Gasteiger partial charge in [-0.05, 0) is 26.4 Å². The van der Waals surface area contributed by atoms with Gasteiger partial charge >= 0.3 is 5.97 Å². The van der Waals surface area contributed by atoms with Gasteiger partial charge in [-0.25, -0.2) is 0 Å². The highest BCUT2D eigenvalue weighted by molar-refractivity contribution is 5.73. The Kier molecular flexibility index (Phi) is 5.05. The Balaban J connectivity index is 2.38. The van der Waals surface area contributed by atoms with E-state index in [0.29, 0.717) is 19.1 Å². The van der Waals surface area contributed by atoms with E-state index >= 15 is 0 Å². The molecule has 1 saturated carbocycles. The molecule has 2 N–H and O–H groups in total. The molecule has 0 bridgehead atoms. The molecular weight excluding hydrogens is 192 g/mol. The summed E-state index contributed by atoms with van der Waals surface area (Å²) in [5.41, 5.74) is 0. The zero-order valence-corrected chi connectivity index (χ0v) is 9.70. The quantitative estimate of drug-likeness (QED) is 0.690. The average Bonchev–Trinajstić information content (AvgIpc) is 2.69. The highest BCUT2D eigenvalue weighted by Crippen LogP contribution is 2.22. The topological polar surface area (TPSA) is 52.6 Å². The smallest absolute Gasteiger partial charge is 0.322 e. The van der Waals surface area contributed by atoms with Gasteiger partial charge in [-0.1, -0.05) is 19.8 Å². The summed E-state index contributed by atoms with van der Waals surface area (Å²) in [5, 5.41) is 12.0. The first-order valence-electron chi connectivity index (χ1n) is 5.81. The van der Waals surface area contributed by atoms with Crippen LogP contribution in [0.4, 0.5) is 0 Å². The van der Waals surface area contributed by atoms with Crippen molar-refractivity contribution < 1.29 is 9.90 Å². The molecule has 1 atom stereocenters. The molecule has 1 aliphatic rings. The maximum atomic E-state index is 11.0. The van der Waals surface area contributed by atoms with Gasteiger partial charge in [0.05, 0.1) is 0 Å². The lowest BCUT2D eigenvalue weighted by atomic mass is 10.2. The number of nitrogens with one attached hydrogen (secondary N) is 1. The van der Waals surface area contributed by atoms with E-state index in [-0.39, 0.29) is 0 Å². The first kappa shape index (κ1) is 12.5. The standard InChI is InChI=1S/C11H22N2O2/c1-3-12-10(11(14)15)8-13(2)9-6-4-5-7-9/h9-10,12H,3-8H2,1-2H3,(H,14,15). The second-order valence-electron chi connectivity index (χ2n) is 4.33. The molecule has 1 unspecified atom stereocenters. The zero-order valence-electron chi connectivity index (χ0n) is 9.70. The third kappa shape index (κ3) is 3.80. The Morgan fingerprint density at radius 3 is 2.60 bits per heavy atom. The lowest BCUT2D eigenvalue weighted by Gasteiger charge is -2.27. The summed E-state index contributed by atoms with van der Waals surface area (Å²) in [5.74, 6) is -0.748. The maximum absolute atomic E-state index is 11.0. The molecule has 0 aromatic carbocycles. The SMILES string of the molecule is CCNC(CN(C)C1CCCC1)C(=O)O. The third-order valence-electron chi connectivity index (χ3n) is 3.17. The highest BCUT2D eigenvalue weighted by atomic mass is 16.4. The molecule has 0 spiro atoms. The van der Waals surface area contributed by atoms with Crippen molar-refractivity contribution in [3.63, 3.8) is 0 Å². The van der Waals surface area contributed by atoms with E-state index in [4.69, 9.17) is 5.11 Å². The van der Waals surface area contributed by atoms with Crippen LogP contribution in [-0.2, 0) is 4.79 Å². The second-order valence-corrected chi connectivity index (χ2v) is 4.33. The van der Waals surface area contributed by atoms with Crippen LogP contribution in [0.2, 0.25) is 0 Å². The summed E-state index contributed by atoms with van der Waals surface area (Å²) in [6, 6.07) is 0.158. The molecule has 0 saturated heterocycles. The molecule has 0 amide bonds. The van der Waals surface area contributed by atoms with Crippen LogP contribution < -0.4 is 5.32 Å². The molecule has 1 fully saturated rings. The van der Waals surface area contributed by atoms with Gasteiger partial charge in [0.15, 0.2) is 0 Å². The molecule has 4 heteroatoms. The van der Waals surface area contributed by atoms with Crippen LogP contribution in [-0.4, -0.2) is 48.2 Å². The van der Waals surface area contributed by atoms with Gasteiger partial charge in [0.1, 0.15) is 6.04 Å². The van der Waals surface area contributed by atoms with Gasteiger partial charge in [-0.3, -0.25) is 4.79 Å². The molecule has 1 rings (SSSR count). The van der Waals surface area contributed by atoms with Crippen molar-refractivity contribution in [2.24, 2.45) is 0 Å². The van der Waals surface area contributed by atoms with E-state index in [0.717, 1.165) is 0 Å². The van der Waals surface area contributed by atoms with E-state index in [2.05, 4.69) is 10.2 Å². The molecule has 0 aromatic heterocycles. The maximum Gasteiger partial charge on any atom is 0.322 e. The molecule has 0 heterocycles. The number of carbonyl (C=O) groups is 1. The molecule has 88 valence electrons. The number of likely N-dealkylation sites (N-methyl/N-ethyl adjacent to an activating group) is 2. The fourth-order valence-electron chi connectivity index (χ4n) is 2.26. The minimum Gasteiger partial charge on any atom is -0.480 e. The Hall–Kier alpha value is -0.610. The number of hydrogen-bond acceptors (Lipinski definition) is 3. The van der Waals surface area contributed by atoms with Gasteiger partial charge in [0.2, 0.25) is 0 Å². The second kappa shape index (κ2) is 6.08. The summed E-state index contributed by atoms with van der Waals surface area (Å²) < 4.78 is 0. The lowest BCUT2D eigenvalue weighted by Crippen LogP contribution is -2.47. The fourth-order valence-corrected chi connectivity index (χ4v) is 2.26. The molecular formula is C11H22N2O2.